The van der Waals surface area contributed by atoms with Crippen molar-refractivity contribution in [1.82, 2.24) is 0 Å². The molecule has 114 valence electrons. The van der Waals surface area contributed by atoms with Crippen LogP contribution in [-0.2, 0) is 0 Å². The third kappa shape index (κ3) is 3.40. The van der Waals surface area contributed by atoms with E-state index < -0.39 is 0 Å². The maximum absolute atomic E-state index is 12.9. The molecule has 0 saturated heterocycles. The minimum Gasteiger partial charge on any atom is -0.307 e. The fourth-order valence-electron chi connectivity index (χ4n) is 2.46. The molecule has 0 heterocycles. The first-order valence-electron chi connectivity index (χ1n) is 7.52. The molecule has 3 heteroatoms. The smallest absolute Gasteiger partial charge is 0.307 e. The summed E-state index contributed by atoms with van der Waals surface area (Å²) in [4.78, 5) is 14.6. The van der Waals surface area contributed by atoms with Gasteiger partial charge in [0.25, 0.3) is 0 Å². The van der Waals surface area contributed by atoms with E-state index in [1.165, 1.54) is 0 Å². The summed E-state index contributed by atoms with van der Waals surface area (Å²) in [6.45, 7) is 2.00. The quantitative estimate of drug-likeness (QED) is 0.693. The van der Waals surface area contributed by atoms with Crippen LogP contribution in [0.25, 0.3) is 0 Å². The van der Waals surface area contributed by atoms with Gasteiger partial charge in [0, 0.05) is 5.69 Å². The van der Waals surface area contributed by atoms with Gasteiger partial charge < -0.3 is 5.32 Å². The number of urea groups is 1. The highest BCUT2D eigenvalue weighted by Gasteiger charge is 2.19. The van der Waals surface area contributed by atoms with Crippen molar-refractivity contribution in [2.24, 2.45) is 0 Å². The second kappa shape index (κ2) is 6.79. The lowest BCUT2D eigenvalue weighted by atomic mass is 10.1. The first-order valence-corrected chi connectivity index (χ1v) is 7.52. The van der Waals surface area contributed by atoms with Gasteiger partial charge in [0.2, 0.25) is 0 Å². The molecule has 0 aliphatic carbocycles. The Bertz CT molecular complexity index is 785. The van der Waals surface area contributed by atoms with Gasteiger partial charge in [-0.3, -0.25) is 4.90 Å². The van der Waals surface area contributed by atoms with Crippen molar-refractivity contribution >= 4 is 23.1 Å². The Balaban J connectivity index is 1.99. The van der Waals surface area contributed by atoms with E-state index in [9.17, 15) is 4.79 Å². The van der Waals surface area contributed by atoms with Gasteiger partial charge in [-0.1, -0.05) is 54.6 Å². The molecule has 3 aromatic carbocycles. The van der Waals surface area contributed by atoms with Gasteiger partial charge in [0.1, 0.15) is 0 Å². The number of nitrogens with zero attached hydrogens (tertiary/aromatic N) is 1. The highest BCUT2D eigenvalue weighted by atomic mass is 16.2. The van der Waals surface area contributed by atoms with Crippen LogP contribution in [0.2, 0.25) is 0 Å². The standard InChI is InChI=1S/C20H18N2O/c1-16-10-8-9-15-19(16)22(18-13-6-3-7-14-18)20(23)21-17-11-4-2-5-12-17/h2-15H,1H3,(H,21,23). The predicted molar refractivity (Wildman–Crippen MR) is 95.2 cm³/mol. The van der Waals surface area contributed by atoms with E-state index in [2.05, 4.69) is 5.32 Å². The molecule has 0 saturated carbocycles. The van der Waals surface area contributed by atoms with Crippen LogP contribution in [0.3, 0.4) is 0 Å². The fraction of sp³-hybridized carbons (Fsp3) is 0.0500. The lowest BCUT2D eigenvalue weighted by molar-refractivity contribution is 0.259. The van der Waals surface area contributed by atoms with E-state index in [1.807, 2.05) is 91.9 Å². The number of carbonyl (C=O) groups is 1. The van der Waals surface area contributed by atoms with Crippen LogP contribution >= 0.6 is 0 Å². The Labute approximate surface area is 136 Å². The molecule has 3 nitrogen and oxygen atoms in total. The summed E-state index contributed by atoms with van der Waals surface area (Å²) in [6.07, 6.45) is 0. The van der Waals surface area contributed by atoms with E-state index in [-0.39, 0.29) is 6.03 Å². The second-order valence-corrected chi connectivity index (χ2v) is 5.25. The molecule has 3 rings (SSSR count). The number of rotatable bonds is 3. The van der Waals surface area contributed by atoms with E-state index in [0.29, 0.717) is 0 Å². The Hall–Kier alpha value is -3.07. The summed E-state index contributed by atoms with van der Waals surface area (Å²) in [6, 6.07) is 26.8. The third-order valence-corrected chi connectivity index (χ3v) is 3.60. The lowest BCUT2D eigenvalue weighted by Crippen LogP contribution is -2.31. The Morgan fingerprint density at radius 1 is 0.783 bits per heavy atom. The van der Waals surface area contributed by atoms with Gasteiger partial charge >= 0.3 is 6.03 Å². The molecule has 3 aromatic rings. The molecule has 0 radical (unpaired) electrons. The average molecular weight is 302 g/mol. The van der Waals surface area contributed by atoms with Gasteiger partial charge in [0.05, 0.1) is 11.4 Å². The summed E-state index contributed by atoms with van der Waals surface area (Å²) in [5, 5.41) is 2.95. The van der Waals surface area contributed by atoms with Crippen molar-refractivity contribution in [2.45, 2.75) is 6.92 Å². The average Bonchev–Trinajstić information content (AvgIpc) is 2.59. The number of para-hydroxylation sites is 3. The van der Waals surface area contributed by atoms with Gasteiger partial charge in [-0.25, -0.2) is 4.79 Å². The Kier molecular flexibility index (Phi) is 4.39. The number of carbonyl (C=O) groups excluding carboxylic acids is 1. The molecular formula is C20H18N2O. The fourth-order valence-corrected chi connectivity index (χ4v) is 2.46. The second-order valence-electron chi connectivity index (χ2n) is 5.25. The van der Waals surface area contributed by atoms with Crippen molar-refractivity contribution in [1.29, 1.82) is 0 Å². The Morgan fingerprint density at radius 2 is 1.35 bits per heavy atom. The van der Waals surface area contributed by atoms with Crippen LogP contribution in [0.4, 0.5) is 21.9 Å². The highest BCUT2D eigenvalue weighted by molar-refractivity contribution is 6.07. The summed E-state index contributed by atoms with van der Waals surface area (Å²) in [5.41, 5.74) is 3.51. The van der Waals surface area contributed by atoms with Crippen LogP contribution in [0.15, 0.2) is 84.9 Å². The zero-order chi connectivity index (χ0) is 16.1. The molecule has 0 bridgehead atoms. The normalized spacial score (nSPS) is 10.1. The van der Waals surface area contributed by atoms with Gasteiger partial charge in [0.15, 0.2) is 0 Å². The largest absolute Gasteiger partial charge is 0.330 e. The zero-order valence-corrected chi connectivity index (χ0v) is 12.9. The van der Waals surface area contributed by atoms with E-state index in [4.69, 9.17) is 0 Å². The molecule has 0 unspecified atom stereocenters. The van der Waals surface area contributed by atoms with Gasteiger partial charge in [-0.2, -0.15) is 0 Å². The van der Waals surface area contributed by atoms with Crippen molar-refractivity contribution in [3.63, 3.8) is 0 Å². The number of hydrogen-bond donors (Lipinski definition) is 1. The van der Waals surface area contributed by atoms with E-state index in [0.717, 1.165) is 22.6 Å². The van der Waals surface area contributed by atoms with Crippen LogP contribution in [0, 0.1) is 6.92 Å². The van der Waals surface area contributed by atoms with Crippen molar-refractivity contribution in [2.75, 3.05) is 10.2 Å². The van der Waals surface area contributed by atoms with Crippen molar-refractivity contribution < 1.29 is 4.79 Å². The molecule has 0 aliphatic heterocycles. The number of amides is 2. The van der Waals surface area contributed by atoms with Crippen LogP contribution < -0.4 is 10.2 Å². The van der Waals surface area contributed by atoms with Gasteiger partial charge in [-0.15, -0.1) is 0 Å². The van der Waals surface area contributed by atoms with Crippen LogP contribution in [-0.4, -0.2) is 6.03 Å². The van der Waals surface area contributed by atoms with E-state index >= 15 is 0 Å². The number of nitrogens with one attached hydrogen (secondary N) is 1. The maximum atomic E-state index is 12.9. The predicted octanol–water partition coefficient (Wildman–Crippen LogP) is 5.37. The molecule has 0 fully saturated rings. The number of aryl methyl sites for hydroxylation is 1. The monoisotopic (exact) mass is 302 g/mol. The number of anilines is 3. The minimum atomic E-state index is -0.184. The first kappa shape index (κ1) is 14.9. The highest BCUT2D eigenvalue weighted by Crippen LogP contribution is 2.29. The maximum Gasteiger partial charge on any atom is 0.330 e. The van der Waals surface area contributed by atoms with E-state index in [1.54, 1.807) is 4.90 Å². The topological polar surface area (TPSA) is 32.3 Å². The van der Waals surface area contributed by atoms with Crippen LogP contribution in [0.1, 0.15) is 5.56 Å². The Morgan fingerprint density at radius 3 is 2.00 bits per heavy atom. The number of benzene rings is 3. The summed E-state index contributed by atoms with van der Waals surface area (Å²) in [5.74, 6) is 0. The van der Waals surface area contributed by atoms with Crippen molar-refractivity contribution in [3.05, 3.63) is 90.5 Å². The van der Waals surface area contributed by atoms with Gasteiger partial charge in [-0.05, 0) is 42.8 Å². The van der Waals surface area contributed by atoms with Crippen molar-refractivity contribution in [3.8, 4) is 0 Å². The molecule has 2 amide bonds. The molecule has 0 aromatic heterocycles. The lowest BCUT2D eigenvalue weighted by Gasteiger charge is -2.25. The molecule has 0 atom stereocenters. The number of hydrogen-bond acceptors (Lipinski definition) is 1. The molecule has 0 aliphatic rings. The third-order valence-electron chi connectivity index (χ3n) is 3.60. The summed E-state index contributed by atoms with van der Waals surface area (Å²) < 4.78 is 0. The minimum absolute atomic E-state index is 0.184. The first-order chi connectivity index (χ1) is 11.3. The van der Waals surface area contributed by atoms with Crippen LogP contribution in [0.5, 0.6) is 0 Å². The molecule has 23 heavy (non-hydrogen) atoms. The molecular weight excluding hydrogens is 284 g/mol. The molecule has 1 N–H and O–H groups in total. The molecule has 0 spiro atoms. The SMILES string of the molecule is Cc1ccccc1N(C(=O)Nc1ccccc1)c1ccccc1. The summed E-state index contributed by atoms with van der Waals surface area (Å²) in [7, 11) is 0. The zero-order valence-electron chi connectivity index (χ0n) is 12.9. The summed E-state index contributed by atoms with van der Waals surface area (Å²) >= 11 is 0.